The topological polar surface area (TPSA) is 46.3 Å². The van der Waals surface area contributed by atoms with E-state index in [0.29, 0.717) is 29.7 Å². The van der Waals surface area contributed by atoms with E-state index < -0.39 is 0 Å². The maximum Gasteiger partial charge on any atom is 0.225 e. The summed E-state index contributed by atoms with van der Waals surface area (Å²) in [6.07, 6.45) is 5.72. The average Bonchev–Trinajstić information content (AvgIpc) is 2.61. The number of carbonyl (C=O) groups is 1. The zero-order valence-corrected chi connectivity index (χ0v) is 10.5. The van der Waals surface area contributed by atoms with E-state index in [0.717, 1.165) is 25.8 Å². The summed E-state index contributed by atoms with van der Waals surface area (Å²) in [4.78, 5) is 14.2. The highest BCUT2D eigenvalue weighted by Crippen LogP contribution is 2.33. The number of rotatable bonds is 3. The van der Waals surface area contributed by atoms with Crippen molar-refractivity contribution in [2.75, 3.05) is 13.6 Å². The summed E-state index contributed by atoms with van der Waals surface area (Å²) in [5.41, 5.74) is 5.76. The van der Waals surface area contributed by atoms with Crippen LogP contribution in [0.1, 0.15) is 39.0 Å². The highest BCUT2D eigenvalue weighted by Gasteiger charge is 2.34. The summed E-state index contributed by atoms with van der Waals surface area (Å²) in [5.74, 6) is 1.89. The quantitative estimate of drug-likeness (QED) is 0.792. The maximum atomic E-state index is 12.2. The van der Waals surface area contributed by atoms with E-state index >= 15 is 0 Å². The van der Waals surface area contributed by atoms with Crippen LogP contribution in [0, 0.1) is 17.8 Å². The van der Waals surface area contributed by atoms with Crippen LogP contribution in [0.4, 0.5) is 0 Å². The van der Waals surface area contributed by atoms with E-state index in [4.69, 9.17) is 5.73 Å². The second kappa shape index (κ2) is 4.74. The van der Waals surface area contributed by atoms with Crippen molar-refractivity contribution in [3.05, 3.63) is 0 Å². The fraction of sp³-hybridized carbons (Fsp3) is 0.923. The summed E-state index contributed by atoms with van der Waals surface area (Å²) >= 11 is 0. The normalized spacial score (nSPS) is 38.2. The van der Waals surface area contributed by atoms with Gasteiger partial charge in [-0.15, -0.1) is 0 Å². The third-order valence-corrected chi connectivity index (χ3v) is 4.36. The summed E-state index contributed by atoms with van der Waals surface area (Å²) in [6.45, 7) is 3.12. The number of nitrogens with two attached hydrogens (primary N) is 1. The standard InChI is InChI=1S/C13H24N2O/c1-9-4-3-5-12(9)13(16)15(2)8-10-6-11(14)7-10/h9-12H,3-8,14H2,1-2H3. The van der Waals surface area contributed by atoms with Crippen molar-refractivity contribution in [2.45, 2.75) is 45.1 Å². The number of hydrogen-bond donors (Lipinski definition) is 1. The van der Waals surface area contributed by atoms with Gasteiger partial charge in [0, 0.05) is 25.6 Å². The largest absolute Gasteiger partial charge is 0.345 e. The molecule has 0 bridgehead atoms. The molecule has 0 heterocycles. The molecule has 0 aliphatic heterocycles. The van der Waals surface area contributed by atoms with Crippen LogP contribution in [0.5, 0.6) is 0 Å². The Balaban J connectivity index is 1.80. The summed E-state index contributed by atoms with van der Waals surface area (Å²) < 4.78 is 0. The van der Waals surface area contributed by atoms with Gasteiger partial charge in [0.15, 0.2) is 0 Å². The molecule has 2 unspecified atom stereocenters. The smallest absolute Gasteiger partial charge is 0.225 e. The first-order valence-corrected chi connectivity index (χ1v) is 6.58. The van der Waals surface area contributed by atoms with Gasteiger partial charge >= 0.3 is 0 Å². The minimum Gasteiger partial charge on any atom is -0.345 e. The molecule has 2 saturated carbocycles. The van der Waals surface area contributed by atoms with Crippen LogP contribution in [-0.2, 0) is 4.79 Å². The molecule has 92 valence electrons. The lowest BCUT2D eigenvalue weighted by atomic mass is 9.80. The van der Waals surface area contributed by atoms with Crippen molar-refractivity contribution in [3.63, 3.8) is 0 Å². The second-order valence-electron chi connectivity index (χ2n) is 5.83. The predicted molar refractivity (Wildman–Crippen MR) is 64.8 cm³/mol. The van der Waals surface area contributed by atoms with Crippen LogP contribution in [-0.4, -0.2) is 30.4 Å². The Hall–Kier alpha value is -0.570. The van der Waals surface area contributed by atoms with E-state index in [-0.39, 0.29) is 0 Å². The lowest BCUT2D eigenvalue weighted by molar-refractivity contribution is -0.136. The van der Waals surface area contributed by atoms with Crippen LogP contribution in [0.2, 0.25) is 0 Å². The fourth-order valence-corrected chi connectivity index (χ4v) is 3.21. The SMILES string of the molecule is CC1CCCC1C(=O)N(C)CC1CC(N)C1. The van der Waals surface area contributed by atoms with Gasteiger partial charge in [-0.25, -0.2) is 0 Å². The maximum absolute atomic E-state index is 12.2. The molecular formula is C13H24N2O. The Bertz CT molecular complexity index is 261. The lowest BCUT2D eigenvalue weighted by Crippen LogP contribution is -2.44. The summed E-state index contributed by atoms with van der Waals surface area (Å²) in [6, 6.07) is 0.388. The first kappa shape index (κ1) is 11.9. The first-order valence-electron chi connectivity index (χ1n) is 6.58. The first-order chi connectivity index (χ1) is 7.58. The van der Waals surface area contributed by atoms with E-state index in [2.05, 4.69) is 6.92 Å². The molecule has 3 nitrogen and oxygen atoms in total. The van der Waals surface area contributed by atoms with E-state index in [1.165, 1.54) is 12.8 Å². The van der Waals surface area contributed by atoms with Gasteiger partial charge in [-0.3, -0.25) is 4.79 Å². The Morgan fingerprint density at radius 2 is 2.06 bits per heavy atom. The average molecular weight is 224 g/mol. The second-order valence-corrected chi connectivity index (χ2v) is 5.83. The zero-order chi connectivity index (χ0) is 11.7. The number of nitrogens with zero attached hydrogens (tertiary/aromatic N) is 1. The van der Waals surface area contributed by atoms with Crippen LogP contribution in [0.15, 0.2) is 0 Å². The molecule has 0 aromatic rings. The molecule has 2 fully saturated rings. The minimum absolute atomic E-state index is 0.291. The molecule has 2 aliphatic carbocycles. The van der Waals surface area contributed by atoms with Crippen molar-refractivity contribution in [2.24, 2.45) is 23.5 Å². The van der Waals surface area contributed by atoms with E-state index in [1.54, 1.807) is 0 Å². The third kappa shape index (κ3) is 2.40. The lowest BCUT2D eigenvalue weighted by Gasteiger charge is -2.36. The van der Waals surface area contributed by atoms with Crippen molar-refractivity contribution in [1.82, 2.24) is 4.90 Å². The Labute approximate surface area is 98.4 Å². The van der Waals surface area contributed by atoms with Gasteiger partial charge in [0.1, 0.15) is 0 Å². The number of amides is 1. The van der Waals surface area contributed by atoms with Crippen molar-refractivity contribution in [3.8, 4) is 0 Å². The van der Waals surface area contributed by atoms with Gasteiger partial charge in [0.2, 0.25) is 5.91 Å². The molecule has 0 saturated heterocycles. The van der Waals surface area contributed by atoms with Gasteiger partial charge in [-0.2, -0.15) is 0 Å². The van der Waals surface area contributed by atoms with Gasteiger partial charge < -0.3 is 10.6 Å². The van der Waals surface area contributed by atoms with Crippen molar-refractivity contribution >= 4 is 5.91 Å². The van der Waals surface area contributed by atoms with E-state index in [1.807, 2.05) is 11.9 Å². The molecular weight excluding hydrogens is 200 g/mol. The van der Waals surface area contributed by atoms with Gasteiger partial charge in [-0.1, -0.05) is 13.3 Å². The molecule has 2 rings (SSSR count). The molecule has 0 aromatic heterocycles. The molecule has 0 aromatic carbocycles. The van der Waals surface area contributed by atoms with Gasteiger partial charge in [-0.05, 0) is 37.5 Å². The molecule has 2 N–H and O–H groups in total. The molecule has 0 spiro atoms. The highest BCUT2D eigenvalue weighted by molar-refractivity contribution is 5.79. The number of carbonyl (C=O) groups excluding carboxylic acids is 1. The summed E-state index contributed by atoms with van der Waals surface area (Å²) in [7, 11) is 1.96. The highest BCUT2D eigenvalue weighted by atomic mass is 16.2. The Morgan fingerprint density at radius 3 is 2.56 bits per heavy atom. The molecule has 3 heteroatoms. The van der Waals surface area contributed by atoms with Crippen molar-refractivity contribution in [1.29, 1.82) is 0 Å². The van der Waals surface area contributed by atoms with Gasteiger partial charge in [0.05, 0.1) is 0 Å². The monoisotopic (exact) mass is 224 g/mol. The van der Waals surface area contributed by atoms with E-state index in [9.17, 15) is 4.79 Å². The van der Waals surface area contributed by atoms with Crippen molar-refractivity contribution < 1.29 is 4.79 Å². The Morgan fingerprint density at radius 1 is 1.38 bits per heavy atom. The summed E-state index contributed by atoms with van der Waals surface area (Å²) in [5, 5.41) is 0. The molecule has 1 amide bonds. The van der Waals surface area contributed by atoms with Gasteiger partial charge in [0.25, 0.3) is 0 Å². The molecule has 2 atom stereocenters. The minimum atomic E-state index is 0.291. The van der Waals surface area contributed by atoms with Crippen LogP contribution in [0.3, 0.4) is 0 Å². The fourth-order valence-electron chi connectivity index (χ4n) is 3.21. The molecule has 16 heavy (non-hydrogen) atoms. The Kier molecular flexibility index (Phi) is 3.53. The number of hydrogen-bond acceptors (Lipinski definition) is 2. The van der Waals surface area contributed by atoms with Crippen LogP contribution in [0.25, 0.3) is 0 Å². The zero-order valence-electron chi connectivity index (χ0n) is 10.5. The third-order valence-electron chi connectivity index (χ3n) is 4.36. The van der Waals surface area contributed by atoms with Crippen LogP contribution >= 0.6 is 0 Å². The predicted octanol–water partition coefficient (Wildman–Crippen LogP) is 1.62. The molecule has 2 aliphatic rings. The van der Waals surface area contributed by atoms with Crippen LogP contribution < -0.4 is 5.73 Å². The molecule has 0 radical (unpaired) electrons.